The van der Waals surface area contributed by atoms with E-state index >= 15 is 0 Å². The molecule has 1 nitrogen and oxygen atoms in total. The maximum atomic E-state index is 2.27. The van der Waals surface area contributed by atoms with Crippen molar-refractivity contribution < 1.29 is 16.9 Å². The number of allylic oxidation sites excluding steroid dienone is 1. The van der Waals surface area contributed by atoms with Gasteiger partial charge in [-0.2, -0.15) is 0 Å². The number of halogens is 1. The largest absolute Gasteiger partial charge is 1.00 e. The molecule has 0 aromatic carbocycles. The first-order chi connectivity index (χ1) is 4.56. The molecule has 0 rings (SSSR count). The van der Waals surface area contributed by atoms with Gasteiger partial charge in [0.2, 0.25) is 0 Å². The number of nitrogens with zero attached hydrogens (tertiary/aromatic N) is 1. The summed E-state index contributed by atoms with van der Waals surface area (Å²) in [7, 11) is 6.67. The van der Waals surface area contributed by atoms with E-state index in [9.17, 15) is 0 Å². The highest BCUT2D eigenvalue weighted by molar-refractivity contribution is 4.79. The van der Waals surface area contributed by atoms with Gasteiger partial charge in [0.1, 0.15) is 0 Å². The predicted octanol–water partition coefficient (Wildman–Crippen LogP) is -0.947. The van der Waals surface area contributed by atoms with Gasteiger partial charge in [-0.25, -0.2) is 0 Å². The summed E-state index contributed by atoms with van der Waals surface area (Å²) in [6, 6.07) is 0. The molecule has 0 fully saturated rings. The average molecular weight is 178 g/mol. The normalized spacial score (nSPS) is 11.6. The third-order valence-corrected chi connectivity index (χ3v) is 1.37. The lowest BCUT2D eigenvalue weighted by Crippen LogP contribution is -3.00. The molecule has 0 atom stereocenters. The number of hydrogen-bond donors (Lipinski definition) is 0. The highest BCUT2D eigenvalue weighted by Gasteiger charge is 2.02. The molecule has 0 spiro atoms. The Morgan fingerprint density at radius 3 is 2.00 bits per heavy atom. The van der Waals surface area contributed by atoms with Crippen molar-refractivity contribution in [2.75, 3.05) is 27.7 Å². The molecule has 0 aliphatic carbocycles. The Morgan fingerprint density at radius 1 is 1.09 bits per heavy atom. The Kier molecular flexibility index (Phi) is 8.25. The lowest BCUT2D eigenvalue weighted by atomic mass is 10.3. The average Bonchev–Trinajstić information content (AvgIpc) is 1.78. The minimum absolute atomic E-state index is 0. The second-order valence-corrected chi connectivity index (χ2v) is 3.68. The lowest BCUT2D eigenvalue weighted by Gasteiger charge is -2.22. The van der Waals surface area contributed by atoms with Crippen molar-refractivity contribution in [3.8, 4) is 0 Å². The van der Waals surface area contributed by atoms with Gasteiger partial charge in [-0.05, 0) is 6.42 Å². The van der Waals surface area contributed by atoms with Crippen LogP contribution in [0, 0.1) is 0 Å². The molecule has 68 valence electrons. The first-order valence-corrected chi connectivity index (χ1v) is 4.01. The topological polar surface area (TPSA) is 0 Å². The van der Waals surface area contributed by atoms with Crippen LogP contribution in [0.1, 0.15) is 19.8 Å². The predicted molar refractivity (Wildman–Crippen MR) is 46.9 cm³/mol. The Labute approximate surface area is 77.1 Å². The third kappa shape index (κ3) is 13.1. The highest BCUT2D eigenvalue weighted by atomic mass is 35.5. The molecule has 0 saturated heterocycles. The van der Waals surface area contributed by atoms with E-state index in [4.69, 9.17) is 0 Å². The summed E-state index contributed by atoms with van der Waals surface area (Å²) in [5.41, 5.74) is 0. The molecule has 0 aromatic heterocycles. The van der Waals surface area contributed by atoms with Crippen LogP contribution < -0.4 is 12.4 Å². The molecule has 2 heteroatoms. The second kappa shape index (κ2) is 6.68. The standard InChI is InChI=1S/C9H20N.ClH/c1-5-6-7-8-9-10(2,3)4;/h6-7H,5,8-9H2,1-4H3;1H/q+1;/p-1. The van der Waals surface area contributed by atoms with E-state index in [2.05, 4.69) is 40.2 Å². The van der Waals surface area contributed by atoms with E-state index in [-0.39, 0.29) is 12.4 Å². The van der Waals surface area contributed by atoms with Gasteiger partial charge in [-0.15, -0.1) is 0 Å². The van der Waals surface area contributed by atoms with Crippen molar-refractivity contribution in [1.82, 2.24) is 0 Å². The SMILES string of the molecule is CCC=CCC[N+](C)(C)C.[Cl-]. The Balaban J connectivity index is 0. The zero-order valence-corrected chi connectivity index (χ0v) is 8.86. The van der Waals surface area contributed by atoms with Gasteiger partial charge in [-0.3, -0.25) is 0 Å². The van der Waals surface area contributed by atoms with Crippen LogP contribution in [0.5, 0.6) is 0 Å². The molecule has 0 radical (unpaired) electrons. The lowest BCUT2D eigenvalue weighted by molar-refractivity contribution is -0.869. The van der Waals surface area contributed by atoms with Crippen molar-refractivity contribution in [1.29, 1.82) is 0 Å². The van der Waals surface area contributed by atoms with Gasteiger partial charge in [0.05, 0.1) is 27.7 Å². The first-order valence-electron chi connectivity index (χ1n) is 4.01. The van der Waals surface area contributed by atoms with Crippen LogP contribution in [0.2, 0.25) is 0 Å². The van der Waals surface area contributed by atoms with Crippen molar-refractivity contribution >= 4 is 0 Å². The fourth-order valence-corrected chi connectivity index (χ4v) is 0.746. The summed E-state index contributed by atoms with van der Waals surface area (Å²) >= 11 is 0. The molecule has 0 N–H and O–H groups in total. The van der Waals surface area contributed by atoms with Gasteiger partial charge in [-0.1, -0.05) is 19.1 Å². The molecule has 0 aliphatic heterocycles. The maximum Gasteiger partial charge on any atom is 0.0815 e. The van der Waals surface area contributed by atoms with Crippen LogP contribution in [-0.4, -0.2) is 32.2 Å². The Bertz CT molecular complexity index is 103. The summed E-state index contributed by atoms with van der Waals surface area (Å²) < 4.78 is 1.06. The summed E-state index contributed by atoms with van der Waals surface area (Å²) in [4.78, 5) is 0. The molecule has 0 amide bonds. The number of hydrogen-bond acceptors (Lipinski definition) is 0. The van der Waals surface area contributed by atoms with Crippen LogP contribution in [0.15, 0.2) is 12.2 Å². The Hall–Kier alpha value is -0.0100. The van der Waals surface area contributed by atoms with E-state index in [0.717, 1.165) is 10.9 Å². The number of rotatable bonds is 4. The van der Waals surface area contributed by atoms with Crippen molar-refractivity contribution in [2.24, 2.45) is 0 Å². The quantitative estimate of drug-likeness (QED) is 0.384. The van der Waals surface area contributed by atoms with Crippen LogP contribution in [-0.2, 0) is 0 Å². The van der Waals surface area contributed by atoms with Gasteiger partial charge in [0.25, 0.3) is 0 Å². The van der Waals surface area contributed by atoms with E-state index in [1.807, 2.05) is 0 Å². The number of quaternary nitrogens is 1. The molecule has 0 aliphatic rings. The summed E-state index contributed by atoms with van der Waals surface area (Å²) in [6.45, 7) is 3.40. The van der Waals surface area contributed by atoms with Gasteiger partial charge >= 0.3 is 0 Å². The van der Waals surface area contributed by atoms with E-state index < -0.39 is 0 Å². The van der Waals surface area contributed by atoms with Crippen molar-refractivity contribution in [3.05, 3.63) is 12.2 Å². The minimum atomic E-state index is 0. The molecule has 0 bridgehead atoms. The molecule has 0 aromatic rings. The zero-order valence-electron chi connectivity index (χ0n) is 8.10. The molecule has 0 unspecified atom stereocenters. The first kappa shape index (κ1) is 13.6. The maximum absolute atomic E-state index is 2.27. The van der Waals surface area contributed by atoms with Crippen LogP contribution in [0.25, 0.3) is 0 Å². The second-order valence-electron chi connectivity index (χ2n) is 3.68. The fraction of sp³-hybridized carbons (Fsp3) is 0.778. The van der Waals surface area contributed by atoms with Gasteiger partial charge < -0.3 is 16.9 Å². The zero-order chi connectivity index (χ0) is 8.04. The summed E-state index contributed by atoms with van der Waals surface area (Å²) in [5.74, 6) is 0. The Morgan fingerprint density at radius 2 is 1.64 bits per heavy atom. The van der Waals surface area contributed by atoms with Crippen molar-refractivity contribution in [3.63, 3.8) is 0 Å². The van der Waals surface area contributed by atoms with Crippen LogP contribution in [0.4, 0.5) is 0 Å². The van der Waals surface area contributed by atoms with Crippen molar-refractivity contribution in [2.45, 2.75) is 19.8 Å². The molecular weight excluding hydrogens is 158 g/mol. The van der Waals surface area contributed by atoms with Crippen LogP contribution >= 0.6 is 0 Å². The van der Waals surface area contributed by atoms with Crippen LogP contribution in [0.3, 0.4) is 0 Å². The molecular formula is C9H20ClN. The third-order valence-electron chi connectivity index (χ3n) is 1.37. The molecule has 11 heavy (non-hydrogen) atoms. The smallest absolute Gasteiger partial charge is 0.0815 e. The van der Waals surface area contributed by atoms with E-state index in [1.54, 1.807) is 0 Å². The van der Waals surface area contributed by atoms with Gasteiger partial charge in [0, 0.05) is 6.42 Å². The summed E-state index contributed by atoms with van der Waals surface area (Å²) in [6.07, 6.45) is 6.87. The minimum Gasteiger partial charge on any atom is -1.00 e. The van der Waals surface area contributed by atoms with E-state index in [0.29, 0.717) is 0 Å². The fourth-order valence-electron chi connectivity index (χ4n) is 0.746. The van der Waals surface area contributed by atoms with E-state index in [1.165, 1.54) is 13.0 Å². The molecule has 0 heterocycles. The monoisotopic (exact) mass is 177 g/mol. The molecule has 0 saturated carbocycles. The van der Waals surface area contributed by atoms with Gasteiger partial charge in [0.15, 0.2) is 0 Å². The summed E-state index contributed by atoms with van der Waals surface area (Å²) in [5, 5.41) is 0. The highest BCUT2D eigenvalue weighted by Crippen LogP contribution is 1.94.